The molecule has 0 saturated heterocycles. The van der Waals surface area contributed by atoms with Gasteiger partial charge in [-0.1, -0.05) is 18.2 Å². The predicted octanol–water partition coefficient (Wildman–Crippen LogP) is 3.19. The summed E-state index contributed by atoms with van der Waals surface area (Å²) < 4.78 is 9.71. The van der Waals surface area contributed by atoms with Gasteiger partial charge in [-0.25, -0.2) is 9.59 Å². The second-order valence-electron chi connectivity index (χ2n) is 5.63. The molecule has 0 aliphatic heterocycles. The maximum atomic E-state index is 12.4. The van der Waals surface area contributed by atoms with Gasteiger partial charge in [0, 0.05) is 17.4 Å². The monoisotopic (exact) mass is 401 g/mol. The number of esters is 2. The Bertz CT molecular complexity index is 925. The number of rotatable bonds is 7. The van der Waals surface area contributed by atoms with Crippen LogP contribution in [0.25, 0.3) is 0 Å². The number of carbonyl (C=O) groups is 4. The van der Waals surface area contributed by atoms with Crippen LogP contribution in [-0.2, 0) is 14.3 Å². The van der Waals surface area contributed by atoms with E-state index in [9.17, 15) is 19.2 Å². The molecule has 28 heavy (non-hydrogen) atoms. The largest absolute Gasteiger partial charge is 0.465 e. The molecule has 0 bridgehead atoms. The molecule has 2 rings (SSSR count). The number of ketones is 1. The minimum absolute atomic E-state index is 0.0128. The van der Waals surface area contributed by atoms with Crippen molar-refractivity contribution in [2.24, 2.45) is 0 Å². The molecule has 0 aromatic heterocycles. The minimum Gasteiger partial charge on any atom is -0.465 e. The summed E-state index contributed by atoms with van der Waals surface area (Å²) >= 11 is 1.42. The second kappa shape index (κ2) is 9.70. The molecule has 0 radical (unpaired) electrons. The molecule has 0 aliphatic rings. The SMILES string of the molecule is COC(=O)c1ccccc1C(=O)OCC(=O)c1ccc(SC)c(NC(C)=O)c1. The van der Waals surface area contributed by atoms with Crippen LogP contribution in [-0.4, -0.2) is 43.6 Å². The van der Waals surface area contributed by atoms with Crippen LogP contribution in [0.1, 0.15) is 38.0 Å². The van der Waals surface area contributed by atoms with Crippen LogP contribution in [0.5, 0.6) is 0 Å². The van der Waals surface area contributed by atoms with E-state index in [1.54, 1.807) is 24.3 Å². The average Bonchev–Trinajstić information content (AvgIpc) is 2.70. The summed E-state index contributed by atoms with van der Waals surface area (Å²) in [6, 6.07) is 10.8. The van der Waals surface area contributed by atoms with Crippen molar-refractivity contribution in [3.8, 4) is 0 Å². The first-order valence-corrected chi connectivity index (χ1v) is 9.43. The Labute approximate surface area is 166 Å². The van der Waals surface area contributed by atoms with Gasteiger partial charge in [-0.3, -0.25) is 9.59 Å². The van der Waals surface area contributed by atoms with Gasteiger partial charge >= 0.3 is 11.9 Å². The highest BCUT2D eigenvalue weighted by Gasteiger charge is 2.20. The molecule has 0 unspecified atom stereocenters. The summed E-state index contributed by atoms with van der Waals surface area (Å²) in [6.45, 7) is 0.867. The Kier molecular flexibility index (Phi) is 7.34. The normalized spacial score (nSPS) is 10.1. The Balaban J connectivity index is 2.13. The molecule has 146 valence electrons. The summed E-state index contributed by atoms with van der Waals surface area (Å²) in [5, 5.41) is 2.67. The van der Waals surface area contributed by atoms with Gasteiger partial charge in [-0.05, 0) is 30.5 Å². The Morgan fingerprint density at radius 1 is 1.00 bits per heavy atom. The second-order valence-corrected chi connectivity index (χ2v) is 6.48. The van der Waals surface area contributed by atoms with Crippen molar-refractivity contribution in [3.63, 3.8) is 0 Å². The smallest absolute Gasteiger partial charge is 0.339 e. The molecule has 2 aromatic rings. The summed E-state index contributed by atoms with van der Waals surface area (Å²) in [7, 11) is 1.21. The highest BCUT2D eigenvalue weighted by molar-refractivity contribution is 7.98. The number of hydrogen-bond acceptors (Lipinski definition) is 7. The van der Waals surface area contributed by atoms with Crippen molar-refractivity contribution in [3.05, 3.63) is 59.2 Å². The number of Topliss-reactive ketones (excluding diaryl/α,β-unsaturated/α-hetero) is 1. The molecule has 0 fully saturated rings. The zero-order valence-electron chi connectivity index (χ0n) is 15.6. The van der Waals surface area contributed by atoms with Gasteiger partial charge in [0.05, 0.1) is 23.9 Å². The van der Waals surface area contributed by atoms with Crippen LogP contribution in [0.3, 0.4) is 0 Å². The van der Waals surface area contributed by atoms with E-state index < -0.39 is 24.3 Å². The van der Waals surface area contributed by atoms with Crippen molar-refractivity contribution in [1.82, 2.24) is 0 Å². The van der Waals surface area contributed by atoms with Crippen LogP contribution in [0.4, 0.5) is 5.69 Å². The summed E-state index contributed by atoms with van der Waals surface area (Å²) in [5.74, 6) is -2.18. The molecule has 0 aliphatic carbocycles. The third-order valence-electron chi connectivity index (χ3n) is 3.72. The summed E-state index contributed by atoms with van der Waals surface area (Å²) in [6.07, 6.45) is 1.85. The number of benzene rings is 2. The maximum Gasteiger partial charge on any atom is 0.339 e. The van der Waals surface area contributed by atoms with Crippen molar-refractivity contribution >= 4 is 41.1 Å². The summed E-state index contributed by atoms with van der Waals surface area (Å²) in [5.41, 5.74) is 0.863. The third kappa shape index (κ3) is 5.20. The lowest BCUT2D eigenvalue weighted by Gasteiger charge is -2.11. The van der Waals surface area contributed by atoms with E-state index in [0.717, 1.165) is 4.90 Å². The molecule has 7 nitrogen and oxygen atoms in total. The Morgan fingerprint density at radius 2 is 1.64 bits per heavy atom. The van der Waals surface area contributed by atoms with Gasteiger partial charge < -0.3 is 14.8 Å². The fourth-order valence-corrected chi connectivity index (χ4v) is 2.94. The van der Waals surface area contributed by atoms with Gasteiger partial charge in [0.25, 0.3) is 0 Å². The van der Waals surface area contributed by atoms with Gasteiger partial charge in [-0.15, -0.1) is 11.8 Å². The number of carbonyl (C=O) groups excluding carboxylic acids is 4. The molecule has 1 N–H and O–H groups in total. The van der Waals surface area contributed by atoms with Crippen LogP contribution < -0.4 is 5.32 Å². The van der Waals surface area contributed by atoms with Crippen LogP contribution >= 0.6 is 11.8 Å². The molecule has 8 heteroatoms. The van der Waals surface area contributed by atoms with E-state index in [1.807, 2.05) is 6.26 Å². The highest BCUT2D eigenvalue weighted by Crippen LogP contribution is 2.26. The van der Waals surface area contributed by atoms with E-state index in [1.165, 1.54) is 44.0 Å². The molecule has 0 heterocycles. The first-order chi connectivity index (χ1) is 13.4. The number of ether oxygens (including phenoxy) is 2. The first-order valence-electron chi connectivity index (χ1n) is 8.20. The Hall–Kier alpha value is -3.13. The van der Waals surface area contributed by atoms with E-state index in [0.29, 0.717) is 5.69 Å². The van der Waals surface area contributed by atoms with E-state index >= 15 is 0 Å². The molecule has 1 amide bonds. The summed E-state index contributed by atoms with van der Waals surface area (Å²) in [4.78, 5) is 48.6. The Morgan fingerprint density at radius 3 is 2.21 bits per heavy atom. The van der Waals surface area contributed by atoms with Crippen LogP contribution in [0, 0.1) is 0 Å². The lowest BCUT2D eigenvalue weighted by molar-refractivity contribution is -0.114. The third-order valence-corrected chi connectivity index (χ3v) is 4.51. The van der Waals surface area contributed by atoms with Crippen molar-refractivity contribution in [2.45, 2.75) is 11.8 Å². The highest BCUT2D eigenvalue weighted by atomic mass is 32.2. The van der Waals surface area contributed by atoms with Crippen molar-refractivity contribution in [2.75, 3.05) is 25.3 Å². The quantitative estimate of drug-likeness (QED) is 0.432. The maximum absolute atomic E-state index is 12.4. The van der Waals surface area contributed by atoms with E-state index in [4.69, 9.17) is 4.74 Å². The zero-order chi connectivity index (χ0) is 20.7. The van der Waals surface area contributed by atoms with Gasteiger partial charge in [0.2, 0.25) is 5.91 Å². The standard InChI is InChI=1S/C20H19NO6S/c1-12(22)21-16-10-13(8-9-18(16)28-3)17(23)11-27-20(25)15-7-5-4-6-14(15)19(24)26-2/h4-10H,11H2,1-3H3,(H,21,22). The number of anilines is 1. The molecule has 0 spiro atoms. The van der Waals surface area contributed by atoms with Gasteiger partial charge in [0.15, 0.2) is 12.4 Å². The predicted molar refractivity (Wildman–Crippen MR) is 105 cm³/mol. The van der Waals surface area contributed by atoms with Gasteiger partial charge in [-0.2, -0.15) is 0 Å². The number of amides is 1. The van der Waals surface area contributed by atoms with E-state index in [-0.39, 0.29) is 22.6 Å². The topological polar surface area (TPSA) is 98.8 Å². The van der Waals surface area contributed by atoms with Crippen molar-refractivity contribution < 1.29 is 28.7 Å². The molecule has 0 saturated carbocycles. The lowest BCUT2D eigenvalue weighted by Crippen LogP contribution is -2.17. The molecular formula is C20H19NO6S. The van der Waals surface area contributed by atoms with Crippen molar-refractivity contribution in [1.29, 1.82) is 0 Å². The lowest BCUT2D eigenvalue weighted by atomic mass is 10.1. The number of hydrogen-bond donors (Lipinski definition) is 1. The fraction of sp³-hybridized carbons (Fsp3) is 0.200. The average molecular weight is 401 g/mol. The van der Waals surface area contributed by atoms with E-state index in [2.05, 4.69) is 10.1 Å². The van der Waals surface area contributed by atoms with Gasteiger partial charge in [0.1, 0.15) is 0 Å². The zero-order valence-corrected chi connectivity index (χ0v) is 16.4. The minimum atomic E-state index is -0.808. The number of methoxy groups -OCH3 is 1. The molecule has 2 aromatic carbocycles. The fourth-order valence-electron chi connectivity index (χ4n) is 2.41. The van der Waals surface area contributed by atoms with Crippen LogP contribution in [0.2, 0.25) is 0 Å². The molecular weight excluding hydrogens is 382 g/mol. The number of nitrogens with one attached hydrogen (secondary N) is 1. The molecule has 0 atom stereocenters. The van der Waals surface area contributed by atoms with Crippen LogP contribution in [0.15, 0.2) is 47.4 Å². The first kappa shape index (κ1) is 21.2. The number of thioether (sulfide) groups is 1.